The van der Waals surface area contributed by atoms with Gasteiger partial charge in [-0.2, -0.15) is 0 Å². The third kappa shape index (κ3) is 4.63. The molecule has 1 N–H and O–H groups in total. The largest absolute Gasteiger partial charge is 0.332 e. The first-order chi connectivity index (χ1) is 11.8. The SMILES string of the molecule is Cc1ccc(NC(=O)CN(C)C(=O)c2ccc([N+](=O)[O-])c(C)c2)cc1. The van der Waals surface area contributed by atoms with Gasteiger partial charge in [0.1, 0.15) is 0 Å². The number of hydrogen-bond acceptors (Lipinski definition) is 4. The Hall–Kier alpha value is -3.22. The van der Waals surface area contributed by atoms with Gasteiger partial charge in [0.25, 0.3) is 11.6 Å². The maximum Gasteiger partial charge on any atom is 0.272 e. The Labute approximate surface area is 145 Å². The topological polar surface area (TPSA) is 92.6 Å². The average molecular weight is 341 g/mol. The number of rotatable bonds is 5. The van der Waals surface area contributed by atoms with E-state index >= 15 is 0 Å². The third-order valence-corrected chi connectivity index (χ3v) is 3.70. The molecule has 25 heavy (non-hydrogen) atoms. The van der Waals surface area contributed by atoms with Crippen LogP contribution in [0.5, 0.6) is 0 Å². The molecule has 7 nitrogen and oxygen atoms in total. The van der Waals surface area contributed by atoms with Gasteiger partial charge in [-0.05, 0) is 38.1 Å². The maximum atomic E-state index is 12.4. The number of nitrogens with one attached hydrogen (secondary N) is 1. The monoisotopic (exact) mass is 341 g/mol. The molecule has 0 unspecified atom stereocenters. The molecule has 7 heteroatoms. The number of aryl methyl sites for hydroxylation is 2. The molecule has 0 aliphatic carbocycles. The van der Waals surface area contributed by atoms with Gasteiger partial charge >= 0.3 is 0 Å². The number of likely N-dealkylation sites (N-methyl/N-ethyl adjacent to an activating group) is 1. The Bertz CT molecular complexity index is 816. The zero-order valence-corrected chi connectivity index (χ0v) is 14.3. The lowest BCUT2D eigenvalue weighted by Crippen LogP contribution is -2.35. The fraction of sp³-hybridized carbons (Fsp3) is 0.222. The lowest BCUT2D eigenvalue weighted by atomic mass is 10.1. The average Bonchev–Trinajstić information content (AvgIpc) is 2.55. The summed E-state index contributed by atoms with van der Waals surface area (Å²) >= 11 is 0. The molecule has 0 aliphatic heterocycles. The van der Waals surface area contributed by atoms with Gasteiger partial charge in [0.05, 0.1) is 11.5 Å². The van der Waals surface area contributed by atoms with Crippen molar-refractivity contribution in [2.24, 2.45) is 0 Å². The first-order valence-electron chi connectivity index (χ1n) is 7.65. The Kier molecular flexibility index (Phi) is 5.49. The van der Waals surface area contributed by atoms with Crippen molar-refractivity contribution in [3.8, 4) is 0 Å². The van der Waals surface area contributed by atoms with Crippen molar-refractivity contribution >= 4 is 23.2 Å². The number of amides is 2. The molecule has 130 valence electrons. The van der Waals surface area contributed by atoms with Gasteiger partial charge in [-0.15, -0.1) is 0 Å². The van der Waals surface area contributed by atoms with Crippen LogP contribution in [0.2, 0.25) is 0 Å². The summed E-state index contributed by atoms with van der Waals surface area (Å²) in [6.45, 7) is 3.39. The van der Waals surface area contributed by atoms with Crippen LogP contribution in [-0.4, -0.2) is 35.2 Å². The van der Waals surface area contributed by atoms with Crippen molar-refractivity contribution in [2.45, 2.75) is 13.8 Å². The highest BCUT2D eigenvalue weighted by Gasteiger charge is 2.18. The second-order valence-corrected chi connectivity index (χ2v) is 5.83. The van der Waals surface area contributed by atoms with E-state index in [1.165, 1.54) is 30.1 Å². The fourth-order valence-electron chi connectivity index (χ4n) is 2.34. The highest BCUT2D eigenvalue weighted by molar-refractivity contribution is 5.99. The minimum Gasteiger partial charge on any atom is -0.332 e. The first-order valence-corrected chi connectivity index (χ1v) is 7.65. The molecule has 0 heterocycles. The quantitative estimate of drug-likeness (QED) is 0.668. The second kappa shape index (κ2) is 7.57. The van der Waals surface area contributed by atoms with E-state index < -0.39 is 4.92 Å². The summed E-state index contributed by atoms with van der Waals surface area (Å²) in [5, 5.41) is 13.6. The van der Waals surface area contributed by atoms with Crippen molar-refractivity contribution in [3.63, 3.8) is 0 Å². The smallest absolute Gasteiger partial charge is 0.272 e. The van der Waals surface area contributed by atoms with Crippen molar-refractivity contribution < 1.29 is 14.5 Å². The predicted octanol–water partition coefficient (Wildman–Crippen LogP) is 2.92. The Morgan fingerprint density at radius 1 is 1.12 bits per heavy atom. The summed E-state index contributed by atoms with van der Waals surface area (Å²) in [5.41, 5.74) is 2.39. The lowest BCUT2D eigenvalue weighted by molar-refractivity contribution is -0.385. The van der Waals surface area contributed by atoms with Crippen molar-refractivity contribution in [1.29, 1.82) is 0 Å². The van der Waals surface area contributed by atoms with Crippen LogP contribution in [0.15, 0.2) is 42.5 Å². The molecular weight excluding hydrogens is 322 g/mol. The van der Waals surface area contributed by atoms with Gasteiger partial charge in [-0.25, -0.2) is 0 Å². The Balaban J connectivity index is 2.02. The molecule has 0 spiro atoms. The van der Waals surface area contributed by atoms with Crippen LogP contribution < -0.4 is 5.32 Å². The molecule has 2 aromatic carbocycles. The van der Waals surface area contributed by atoms with Gasteiger partial charge in [0.15, 0.2) is 0 Å². The zero-order chi connectivity index (χ0) is 18.6. The van der Waals surface area contributed by atoms with Crippen LogP contribution in [0, 0.1) is 24.0 Å². The van der Waals surface area contributed by atoms with Crippen LogP contribution in [0.3, 0.4) is 0 Å². The van der Waals surface area contributed by atoms with E-state index in [-0.39, 0.29) is 24.0 Å². The normalized spacial score (nSPS) is 10.2. The van der Waals surface area contributed by atoms with Crippen LogP contribution in [0.25, 0.3) is 0 Å². The Morgan fingerprint density at radius 2 is 1.76 bits per heavy atom. The maximum absolute atomic E-state index is 12.4. The minimum absolute atomic E-state index is 0.0451. The summed E-state index contributed by atoms with van der Waals surface area (Å²) in [7, 11) is 1.51. The Morgan fingerprint density at radius 3 is 2.32 bits per heavy atom. The van der Waals surface area contributed by atoms with Gasteiger partial charge in [-0.3, -0.25) is 19.7 Å². The third-order valence-electron chi connectivity index (χ3n) is 3.70. The summed E-state index contributed by atoms with van der Waals surface area (Å²) in [4.78, 5) is 36.1. The number of hydrogen-bond donors (Lipinski definition) is 1. The summed E-state index contributed by atoms with van der Waals surface area (Å²) in [6, 6.07) is 11.5. The van der Waals surface area contributed by atoms with Crippen molar-refractivity contribution in [3.05, 3.63) is 69.3 Å². The zero-order valence-electron chi connectivity index (χ0n) is 14.3. The summed E-state index contributed by atoms with van der Waals surface area (Å²) in [6.07, 6.45) is 0. The van der Waals surface area contributed by atoms with E-state index in [9.17, 15) is 19.7 Å². The highest BCUT2D eigenvalue weighted by atomic mass is 16.6. The molecule has 0 bridgehead atoms. The summed E-state index contributed by atoms with van der Waals surface area (Å²) in [5.74, 6) is -0.699. The second-order valence-electron chi connectivity index (χ2n) is 5.83. The van der Waals surface area contributed by atoms with Gasteiger partial charge in [-0.1, -0.05) is 17.7 Å². The van der Waals surface area contributed by atoms with E-state index in [2.05, 4.69) is 5.32 Å². The number of nitro benzene ring substituents is 1. The molecule has 0 fully saturated rings. The molecule has 2 aromatic rings. The molecule has 0 saturated heterocycles. The van der Waals surface area contributed by atoms with E-state index in [0.717, 1.165) is 5.56 Å². The number of benzene rings is 2. The van der Waals surface area contributed by atoms with E-state index in [1.54, 1.807) is 19.1 Å². The van der Waals surface area contributed by atoms with Crippen molar-refractivity contribution in [1.82, 2.24) is 4.90 Å². The molecule has 0 saturated carbocycles. The molecule has 2 amide bonds. The number of anilines is 1. The number of carbonyl (C=O) groups is 2. The standard InChI is InChI=1S/C18H19N3O4/c1-12-4-7-15(8-5-12)19-17(22)11-20(3)18(23)14-6-9-16(21(24)25)13(2)10-14/h4-10H,11H2,1-3H3,(H,19,22). The van der Waals surface area contributed by atoms with E-state index in [1.807, 2.05) is 19.1 Å². The van der Waals surface area contributed by atoms with Crippen LogP contribution >= 0.6 is 0 Å². The van der Waals surface area contributed by atoms with Crippen LogP contribution in [-0.2, 0) is 4.79 Å². The molecule has 0 aliphatic rings. The van der Waals surface area contributed by atoms with Gasteiger partial charge in [0.2, 0.25) is 5.91 Å². The summed E-state index contributed by atoms with van der Waals surface area (Å²) < 4.78 is 0. The van der Waals surface area contributed by atoms with Crippen LogP contribution in [0.1, 0.15) is 21.5 Å². The van der Waals surface area contributed by atoms with E-state index in [0.29, 0.717) is 16.8 Å². The first kappa shape index (κ1) is 18.1. The fourth-order valence-corrected chi connectivity index (χ4v) is 2.34. The van der Waals surface area contributed by atoms with E-state index in [4.69, 9.17) is 0 Å². The lowest BCUT2D eigenvalue weighted by Gasteiger charge is -2.17. The van der Waals surface area contributed by atoms with Crippen molar-refractivity contribution in [2.75, 3.05) is 18.9 Å². The van der Waals surface area contributed by atoms with Gasteiger partial charge < -0.3 is 10.2 Å². The number of nitro groups is 1. The molecule has 0 atom stereocenters. The van der Waals surface area contributed by atoms with Crippen LogP contribution in [0.4, 0.5) is 11.4 Å². The number of nitrogens with zero attached hydrogens (tertiary/aromatic N) is 2. The number of carbonyl (C=O) groups excluding carboxylic acids is 2. The highest BCUT2D eigenvalue weighted by Crippen LogP contribution is 2.19. The molecule has 2 rings (SSSR count). The molecule has 0 aromatic heterocycles. The predicted molar refractivity (Wildman–Crippen MR) is 94.6 cm³/mol. The van der Waals surface area contributed by atoms with Gasteiger partial charge in [0, 0.05) is 29.9 Å². The molecule has 0 radical (unpaired) electrons. The molecular formula is C18H19N3O4. The minimum atomic E-state index is -0.498.